The number of carbonyl (C=O) groups excluding carboxylic acids is 1. The molecule has 4 aromatic rings. The molecular weight excluding hydrogens is 320 g/mol. The molecule has 0 amide bonds. The number of benzene rings is 4. The molecule has 0 aliphatic heterocycles. The van der Waals surface area contributed by atoms with Crippen molar-refractivity contribution < 1.29 is 4.79 Å². The first-order chi connectivity index (χ1) is 12.7. The van der Waals surface area contributed by atoms with Gasteiger partial charge in [0, 0.05) is 21.9 Å². The first kappa shape index (κ1) is 15.6. The first-order valence-electron chi connectivity index (χ1n) is 8.13. The van der Waals surface area contributed by atoms with Crippen LogP contribution < -0.4 is 0 Å². The molecule has 0 unspecified atom stereocenters. The molecule has 0 saturated heterocycles. The minimum Gasteiger partial charge on any atom is -0.289 e. The molecule has 0 heterocycles. The predicted octanol–water partition coefficient (Wildman–Crippen LogP) is 4.97. The van der Waals surface area contributed by atoms with Crippen LogP contribution in [0, 0.1) is 22.7 Å². The minimum atomic E-state index is -0.188. The zero-order valence-electron chi connectivity index (χ0n) is 13.7. The van der Waals surface area contributed by atoms with Gasteiger partial charge in [0.05, 0.1) is 23.3 Å². The Bertz CT molecular complexity index is 1160. The van der Waals surface area contributed by atoms with E-state index in [9.17, 15) is 15.3 Å². The van der Waals surface area contributed by atoms with Crippen molar-refractivity contribution in [2.45, 2.75) is 0 Å². The lowest BCUT2D eigenvalue weighted by Crippen LogP contribution is -2.05. The van der Waals surface area contributed by atoms with Gasteiger partial charge in [0.2, 0.25) is 0 Å². The fourth-order valence-corrected chi connectivity index (χ4v) is 3.39. The number of hydrogen-bond acceptors (Lipinski definition) is 3. The third kappa shape index (κ3) is 2.32. The quantitative estimate of drug-likeness (QED) is 0.487. The maximum atomic E-state index is 13.4. The molecule has 4 aromatic carbocycles. The predicted molar refractivity (Wildman–Crippen MR) is 101 cm³/mol. The summed E-state index contributed by atoms with van der Waals surface area (Å²) in [6, 6.07) is 26.0. The largest absolute Gasteiger partial charge is 0.289 e. The van der Waals surface area contributed by atoms with E-state index >= 15 is 0 Å². The highest BCUT2D eigenvalue weighted by atomic mass is 16.1. The number of ketones is 1. The molecule has 0 spiro atoms. The third-order valence-corrected chi connectivity index (χ3v) is 4.54. The monoisotopic (exact) mass is 332 g/mol. The van der Waals surface area contributed by atoms with Gasteiger partial charge in [-0.25, -0.2) is 0 Å². The highest BCUT2D eigenvalue weighted by Gasteiger charge is 2.18. The standard InChI is InChI=1S/C23H12N2O/c24-13-17-9-1-5-15-7-3-11-19(21(15)17)23(26)20-12-4-8-16-6-2-10-18(14-25)22(16)20/h1-12H. The summed E-state index contributed by atoms with van der Waals surface area (Å²) in [7, 11) is 0. The van der Waals surface area contributed by atoms with Gasteiger partial charge in [-0.3, -0.25) is 4.79 Å². The Morgan fingerprint density at radius 1 is 0.615 bits per heavy atom. The Labute approximate surface area is 150 Å². The van der Waals surface area contributed by atoms with Gasteiger partial charge in [-0.1, -0.05) is 60.7 Å². The molecule has 0 aromatic heterocycles. The van der Waals surface area contributed by atoms with Crippen LogP contribution in [0.15, 0.2) is 72.8 Å². The highest BCUT2D eigenvalue weighted by molar-refractivity contribution is 6.22. The Morgan fingerprint density at radius 2 is 1.00 bits per heavy atom. The Hall–Kier alpha value is -3.95. The summed E-state index contributed by atoms with van der Waals surface area (Å²) in [5, 5.41) is 21.9. The molecule has 0 atom stereocenters. The van der Waals surface area contributed by atoms with Crippen LogP contribution in [0.4, 0.5) is 0 Å². The molecule has 0 fully saturated rings. The zero-order chi connectivity index (χ0) is 18.1. The molecule has 26 heavy (non-hydrogen) atoms. The van der Waals surface area contributed by atoms with Crippen LogP contribution >= 0.6 is 0 Å². The van der Waals surface area contributed by atoms with E-state index in [-0.39, 0.29) is 5.78 Å². The van der Waals surface area contributed by atoms with Crippen LogP contribution in [-0.4, -0.2) is 5.78 Å². The van der Waals surface area contributed by atoms with Gasteiger partial charge in [-0.15, -0.1) is 0 Å². The highest BCUT2D eigenvalue weighted by Crippen LogP contribution is 2.29. The van der Waals surface area contributed by atoms with E-state index in [4.69, 9.17) is 0 Å². The second-order valence-electron chi connectivity index (χ2n) is 5.97. The van der Waals surface area contributed by atoms with E-state index in [2.05, 4.69) is 12.1 Å². The summed E-state index contributed by atoms with van der Waals surface area (Å²) in [6.07, 6.45) is 0. The average Bonchev–Trinajstić information content (AvgIpc) is 2.71. The molecule has 3 heteroatoms. The number of nitrogens with zero attached hydrogens (tertiary/aromatic N) is 2. The maximum absolute atomic E-state index is 13.4. The van der Waals surface area contributed by atoms with Crippen LogP contribution in [-0.2, 0) is 0 Å². The van der Waals surface area contributed by atoms with Crippen LogP contribution in [0.5, 0.6) is 0 Å². The lowest BCUT2D eigenvalue weighted by molar-refractivity contribution is 0.104. The van der Waals surface area contributed by atoms with Gasteiger partial charge < -0.3 is 0 Å². The van der Waals surface area contributed by atoms with Crippen molar-refractivity contribution in [2.24, 2.45) is 0 Å². The normalized spacial score (nSPS) is 10.4. The molecule has 0 aliphatic rings. The number of carbonyl (C=O) groups is 1. The lowest BCUT2D eigenvalue weighted by Gasteiger charge is -2.10. The van der Waals surface area contributed by atoms with E-state index in [0.717, 1.165) is 10.8 Å². The van der Waals surface area contributed by atoms with Crippen LogP contribution in [0.3, 0.4) is 0 Å². The van der Waals surface area contributed by atoms with Crippen molar-refractivity contribution in [1.82, 2.24) is 0 Å². The molecule has 120 valence electrons. The molecular formula is C23H12N2O. The maximum Gasteiger partial charge on any atom is 0.194 e. The van der Waals surface area contributed by atoms with Crippen LogP contribution in [0.2, 0.25) is 0 Å². The van der Waals surface area contributed by atoms with E-state index in [0.29, 0.717) is 33.0 Å². The second kappa shape index (κ2) is 6.16. The molecule has 3 nitrogen and oxygen atoms in total. The lowest BCUT2D eigenvalue weighted by atomic mass is 9.90. The van der Waals surface area contributed by atoms with E-state index in [1.54, 1.807) is 36.4 Å². The van der Waals surface area contributed by atoms with E-state index in [1.807, 2.05) is 36.4 Å². The Morgan fingerprint density at radius 3 is 1.38 bits per heavy atom. The third-order valence-electron chi connectivity index (χ3n) is 4.54. The van der Waals surface area contributed by atoms with Gasteiger partial charge in [0.25, 0.3) is 0 Å². The topological polar surface area (TPSA) is 64.7 Å². The van der Waals surface area contributed by atoms with Crippen molar-refractivity contribution >= 4 is 27.3 Å². The molecule has 4 rings (SSSR count). The van der Waals surface area contributed by atoms with Crippen LogP contribution in [0.25, 0.3) is 21.5 Å². The van der Waals surface area contributed by atoms with Gasteiger partial charge in [-0.2, -0.15) is 10.5 Å². The SMILES string of the molecule is N#Cc1cccc2cccc(C(=O)c3cccc4cccc(C#N)c34)c12. The summed E-state index contributed by atoms with van der Waals surface area (Å²) < 4.78 is 0. The summed E-state index contributed by atoms with van der Waals surface area (Å²) in [4.78, 5) is 13.4. The molecule has 0 N–H and O–H groups in total. The van der Waals surface area contributed by atoms with Gasteiger partial charge in [-0.05, 0) is 22.9 Å². The summed E-state index contributed by atoms with van der Waals surface area (Å²) in [6.45, 7) is 0. The second-order valence-corrected chi connectivity index (χ2v) is 5.97. The Balaban J connectivity index is 2.05. The number of rotatable bonds is 2. The fraction of sp³-hybridized carbons (Fsp3) is 0. The van der Waals surface area contributed by atoms with Gasteiger partial charge in [0.15, 0.2) is 5.78 Å². The van der Waals surface area contributed by atoms with E-state index in [1.165, 1.54) is 0 Å². The minimum absolute atomic E-state index is 0.188. The van der Waals surface area contributed by atoms with Crippen LogP contribution in [0.1, 0.15) is 27.0 Å². The summed E-state index contributed by atoms with van der Waals surface area (Å²) >= 11 is 0. The zero-order valence-corrected chi connectivity index (χ0v) is 13.7. The number of hydrogen-bond donors (Lipinski definition) is 0. The smallest absolute Gasteiger partial charge is 0.194 e. The first-order valence-corrected chi connectivity index (χ1v) is 8.13. The summed E-state index contributed by atoms with van der Waals surface area (Å²) in [5.41, 5.74) is 1.87. The summed E-state index contributed by atoms with van der Waals surface area (Å²) in [5.74, 6) is -0.188. The molecule has 0 saturated carbocycles. The molecule has 0 bridgehead atoms. The van der Waals surface area contributed by atoms with Crippen molar-refractivity contribution in [3.05, 3.63) is 95.1 Å². The average molecular weight is 332 g/mol. The molecule has 0 aliphatic carbocycles. The Kier molecular flexibility index (Phi) is 3.69. The van der Waals surface area contributed by atoms with Crippen molar-refractivity contribution in [3.63, 3.8) is 0 Å². The fourth-order valence-electron chi connectivity index (χ4n) is 3.39. The van der Waals surface area contributed by atoms with Gasteiger partial charge >= 0.3 is 0 Å². The number of nitriles is 2. The van der Waals surface area contributed by atoms with Gasteiger partial charge in [0.1, 0.15) is 0 Å². The number of fused-ring (bicyclic) bond motifs is 2. The van der Waals surface area contributed by atoms with Crippen molar-refractivity contribution in [3.8, 4) is 12.1 Å². The molecule has 0 radical (unpaired) electrons. The van der Waals surface area contributed by atoms with Crippen molar-refractivity contribution in [1.29, 1.82) is 10.5 Å². The van der Waals surface area contributed by atoms with Crippen molar-refractivity contribution in [2.75, 3.05) is 0 Å². The van der Waals surface area contributed by atoms with E-state index < -0.39 is 0 Å².